The standard InChI is InChI=1S/C51H80N14O20/c1-4-26(2)44(78)54-16-10-6-9-15-35(69)61-30(18-28-12-7-5-8-13-28)46(80)57-23-38(72)62-31(19-36(70)65-49-41(59-27(3)68)43(77)42(76)34(25-67)85-49)47(81)58-21-37(71)60-29(14-11-17-55-51(52)53)45(79)56-22-39(73)63-32(20-40(74)75)48(82)64-33(24-66)50(83)84/h5,7-8,12-13,26,29-34,41-43,49,66-67,76-77H,4,6,9-11,14-25H2,1-3H3,(H,54,78)(H,56,79)(H,57,80)(H,58,81)(H,59,68)(H,60,71)(H,61,69)(H,62,72)(H,63,73)(H,64,82)(H,65,70)(H,74,75)(H,83,84)(H4,52,53,55)/t26?,29-,30-,31-,32-,33-,34?,41?,42-,43+,49+/m0/s1. The molecule has 34 heteroatoms. The van der Waals surface area contributed by atoms with Gasteiger partial charge in [-0.05, 0) is 37.7 Å². The Morgan fingerprint density at radius 1 is 0.612 bits per heavy atom. The maximum absolute atomic E-state index is 13.9. The molecule has 1 aromatic rings. The van der Waals surface area contributed by atoms with E-state index >= 15 is 0 Å². The molecule has 0 spiro atoms. The molecule has 0 aliphatic carbocycles. The van der Waals surface area contributed by atoms with Crippen LogP contribution in [0.15, 0.2) is 35.3 Å². The molecule has 21 N–H and O–H groups in total. The van der Waals surface area contributed by atoms with Gasteiger partial charge in [0.25, 0.3) is 0 Å². The number of hydrogen-bond donors (Lipinski definition) is 19. The van der Waals surface area contributed by atoms with Gasteiger partial charge < -0.3 is 105 Å². The monoisotopic (exact) mass is 1210 g/mol. The second-order valence-corrected chi connectivity index (χ2v) is 19.6. The first kappa shape index (κ1) is 72.5. The number of benzene rings is 1. The van der Waals surface area contributed by atoms with Crippen LogP contribution >= 0.6 is 0 Å². The minimum atomic E-state index is -1.92. The number of nitrogens with two attached hydrogens (primary N) is 2. The molecule has 11 atom stereocenters. The minimum absolute atomic E-state index is 0.00864. The van der Waals surface area contributed by atoms with Crippen molar-refractivity contribution in [2.24, 2.45) is 22.4 Å². The van der Waals surface area contributed by atoms with Crippen LogP contribution in [0.1, 0.15) is 84.1 Å². The molecule has 0 saturated carbocycles. The summed E-state index contributed by atoms with van der Waals surface area (Å²) in [6.45, 7) is 0.364. The predicted octanol–water partition coefficient (Wildman–Crippen LogP) is -8.22. The van der Waals surface area contributed by atoms with Crippen molar-refractivity contribution in [3.63, 3.8) is 0 Å². The Labute approximate surface area is 487 Å². The summed E-state index contributed by atoms with van der Waals surface area (Å²) in [6.07, 6.45) is -6.69. The average molecular weight is 1210 g/mol. The molecule has 0 bridgehead atoms. The van der Waals surface area contributed by atoms with Gasteiger partial charge in [0, 0.05) is 38.8 Å². The van der Waals surface area contributed by atoms with Crippen molar-refractivity contribution in [2.45, 2.75) is 146 Å². The average Bonchev–Trinajstić information content (AvgIpc) is 2.76. The van der Waals surface area contributed by atoms with Crippen molar-refractivity contribution in [3.8, 4) is 0 Å². The number of rotatable bonds is 38. The lowest BCUT2D eigenvalue weighted by Crippen LogP contribution is -2.68. The zero-order valence-corrected chi connectivity index (χ0v) is 47.3. The number of unbranched alkanes of at least 4 members (excludes halogenated alkanes) is 2. The zero-order valence-electron chi connectivity index (χ0n) is 47.3. The molecule has 3 unspecified atom stereocenters. The Morgan fingerprint density at radius 3 is 1.69 bits per heavy atom. The zero-order chi connectivity index (χ0) is 63.8. The third-order valence-electron chi connectivity index (χ3n) is 12.7. The number of aliphatic hydroxyl groups is 4. The van der Waals surface area contributed by atoms with Crippen molar-refractivity contribution in [3.05, 3.63) is 35.9 Å². The fraction of sp³-hybridized carbons (Fsp3) is 0.608. The summed E-state index contributed by atoms with van der Waals surface area (Å²) >= 11 is 0. The summed E-state index contributed by atoms with van der Waals surface area (Å²) in [5.74, 6) is -13.9. The summed E-state index contributed by atoms with van der Waals surface area (Å²) in [5, 5.41) is 84.0. The van der Waals surface area contributed by atoms with E-state index in [1.54, 1.807) is 30.3 Å². The lowest BCUT2D eigenvalue weighted by Gasteiger charge is -2.42. The summed E-state index contributed by atoms with van der Waals surface area (Å²) in [4.78, 5) is 171. The molecule has 85 heavy (non-hydrogen) atoms. The number of guanidine groups is 1. The number of ether oxygens (including phenoxy) is 1. The van der Waals surface area contributed by atoms with Gasteiger partial charge in [0.05, 0.1) is 45.7 Å². The lowest BCUT2D eigenvalue weighted by molar-refractivity contribution is -0.203. The quantitative estimate of drug-likeness (QED) is 0.0166. The van der Waals surface area contributed by atoms with Gasteiger partial charge in [-0.2, -0.15) is 0 Å². The number of aliphatic carboxylic acids is 2. The molecule has 1 aliphatic heterocycles. The van der Waals surface area contributed by atoms with Crippen LogP contribution in [0, 0.1) is 5.92 Å². The summed E-state index contributed by atoms with van der Waals surface area (Å²) in [5.41, 5.74) is 11.4. The summed E-state index contributed by atoms with van der Waals surface area (Å²) < 4.78 is 5.54. The first-order valence-corrected chi connectivity index (χ1v) is 27.1. The van der Waals surface area contributed by atoms with E-state index in [1.165, 1.54) is 0 Å². The maximum atomic E-state index is 13.9. The van der Waals surface area contributed by atoms with Crippen LogP contribution in [-0.4, -0.2) is 220 Å². The Morgan fingerprint density at radius 2 is 1.16 bits per heavy atom. The molecule has 0 aromatic heterocycles. The predicted molar refractivity (Wildman–Crippen MR) is 295 cm³/mol. The van der Waals surface area contributed by atoms with E-state index in [9.17, 15) is 87.9 Å². The van der Waals surface area contributed by atoms with E-state index in [1.807, 2.05) is 24.5 Å². The van der Waals surface area contributed by atoms with Crippen molar-refractivity contribution < 1.29 is 97.7 Å². The molecule has 1 aliphatic rings. The minimum Gasteiger partial charge on any atom is -0.481 e. The number of hydrogen-bond acceptors (Lipinski definition) is 19. The number of nitrogens with zero attached hydrogens (tertiary/aromatic N) is 1. The van der Waals surface area contributed by atoms with E-state index < -0.39 is 177 Å². The SMILES string of the molecule is CCC(C)C(=O)NCCCCCC(=O)N[C@@H](Cc1ccccc1)C(=O)NCC(=O)N[C@@H](CC(=O)N[C@@H]1OC(CO)[C@H](O)[C@H](O)C1NC(C)=O)C(=O)NCC(=O)N[C@@H](CCCN=C(N)N)C(=O)NCC(=O)N[C@@H](CC(=O)O)C(=O)N[C@@H](CO)C(=O)O. The third kappa shape index (κ3) is 28.0. The number of carboxylic acid groups (broad SMARTS) is 2. The molecular weight excluding hydrogens is 1130 g/mol. The third-order valence-corrected chi connectivity index (χ3v) is 12.7. The molecule has 474 valence electrons. The van der Waals surface area contributed by atoms with Crippen LogP contribution in [0.3, 0.4) is 0 Å². The summed E-state index contributed by atoms with van der Waals surface area (Å²) in [6, 6.07) is -1.40. The number of aliphatic hydroxyl groups excluding tert-OH is 4. The second-order valence-electron chi connectivity index (χ2n) is 19.6. The smallest absolute Gasteiger partial charge is 0.328 e. The van der Waals surface area contributed by atoms with Crippen LogP contribution in [0.2, 0.25) is 0 Å². The van der Waals surface area contributed by atoms with Crippen LogP contribution in [0.4, 0.5) is 0 Å². The van der Waals surface area contributed by atoms with Crippen LogP contribution < -0.4 is 70.0 Å². The Kier molecular flexibility index (Phi) is 32.7. The van der Waals surface area contributed by atoms with Gasteiger partial charge in [-0.3, -0.25) is 62.5 Å². The molecule has 1 aromatic carbocycles. The molecular formula is C51H80N14O20. The molecule has 1 saturated heterocycles. The molecule has 34 nitrogen and oxygen atoms in total. The van der Waals surface area contributed by atoms with Gasteiger partial charge in [-0.15, -0.1) is 0 Å². The van der Waals surface area contributed by atoms with E-state index in [0.29, 0.717) is 37.8 Å². The first-order chi connectivity index (χ1) is 40.2. The topological polar surface area (TPSA) is 549 Å². The van der Waals surface area contributed by atoms with Gasteiger partial charge in [-0.25, -0.2) is 4.79 Å². The van der Waals surface area contributed by atoms with Crippen LogP contribution in [-0.2, 0) is 73.5 Å². The summed E-state index contributed by atoms with van der Waals surface area (Å²) in [7, 11) is 0. The number of carbonyl (C=O) groups is 13. The van der Waals surface area contributed by atoms with E-state index in [4.69, 9.17) is 21.3 Å². The highest BCUT2D eigenvalue weighted by atomic mass is 16.5. The van der Waals surface area contributed by atoms with E-state index in [2.05, 4.69) is 52.8 Å². The van der Waals surface area contributed by atoms with Crippen LogP contribution in [0.5, 0.6) is 0 Å². The Balaban J connectivity index is 2.32. The first-order valence-electron chi connectivity index (χ1n) is 27.1. The maximum Gasteiger partial charge on any atom is 0.328 e. The van der Waals surface area contributed by atoms with E-state index in [0.717, 1.165) is 6.92 Å². The van der Waals surface area contributed by atoms with Gasteiger partial charge >= 0.3 is 11.9 Å². The number of carboxylic acids is 2. The molecule has 11 amide bonds. The highest BCUT2D eigenvalue weighted by Crippen LogP contribution is 2.20. The number of carbonyl (C=O) groups excluding carboxylic acids is 11. The van der Waals surface area contributed by atoms with Gasteiger partial charge in [-0.1, -0.05) is 50.6 Å². The lowest BCUT2D eigenvalue weighted by atomic mass is 9.95. The molecule has 1 heterocycles. The highest BCUT2D eigenvalue weighted by Gasteiger charge is 2.45. The molecule has 2 rings (SSSR count). The number of aliphatic imine (C=N–C) groups is 1. The molecule has 0 radical (unpaired) electrons. The normalized spacial score (nSPS) is 18.3. The van der Waals surface area contributed by atoms with Gasteiger partial charge in [0.2, 0.25) is 65.0 Å². The highest BCUT2D eigenvalue weighted by molar-refractivity contribution is 5.97. The van der Waals surface area contributed by atoms with Crippen molar-refractivity contribution in [2.75, 3.05) is 45.9 Å². The largest absolute Gasteiger partial charge is 0.481 e. The fourth-order valence-electron chi connectivity index (χ4n) is 7.95. The van der Waals surface area contributed by atoms with Gasteiger partial charge in [0.1, 0.15) is 54.6 Å². The number of amides is 11. The van der Waals surface area contributed by atoms with Gasteiger partial charge in [0.15, 0.2) is 12.2 Å². The Hall–Kier alpha value is -8.60. The van der Waals surface area contributed by atoms with Crippen molar-refractivity contribution >= 4 is 82.9 Å². The second kappa shape index (κ2) is 38.3. The van der Waals surface area contributed by atoms with Crippen LogP contribution in [0.25, 0.3) is 0 Å². The Bertz CT molecular complexity index is 2490. The van der Waals surface area contributed by atoms with Crippen molar-refractivity contribution in [1.29, 1.82) is 0 Å². The van der Waals surface area contributed by atoms with E-state index in [-0.39, 0.29) is 50.0 Å². The molecule has 1 fully saturated rings. The van der Waals surface area contributed by atoms with Crippen molar-refractivity contribution in [1.82, 2.24) is 58.5 Å². The number of nitrogens with one attached hydrogen (secondary N) is 11. The fourth-order valence-corrected chi connectivity index (χ4v) is 7.95.